The van der Waals surface area contributed by atoms with Gasteiger partial charge in [-0.05, 0) is 48.1 Å². The first kappa shape index (κ1) is 19.5. The molecular weight excluding hydrogens is 376 g/mol. The summed E-state index contributed by atoms with van der Waals surface area (Å²) in [5.74, 6) is -0.715. The quantitative estimate of drug-likeness (QED) is 0.857. The smallest absolute Gasteiger partial charge is 0.227 e. The third-order valence-electron chi connectivity index (χ3n) is 5.90. The molecular formula is C22H23F2N3O2. The molecule has 1 aromatic heterocycles. The zero-order valence-electron chi connectivity index (χ0n) is 16.5. The molecule has 29 heavy (non-hydrogen) atoms. The second-order valence-corrected chi connectivity index (χ2v) is 7.62. The summed E-state index contributed by atoms with van der Waals surface area (Å²) in [6.45, 7) is 1.71. The first-order valence-corrected chi connectivity index (χ1v) is 9.90. The minimum absolute atomic E-state index is 0.0353. The van der Waals surface area contributed by atoms with E-state index in [2.05, 4.69) is 10.3 Å². The van der Waals surface area contributed by atoms with Crippen molar-refractivity contribution in [2.75, 3.05) is 11.9 Å². The summed E-state index contributed by atoms with van der Waals surface area (Å²) < 4.78 is 29.7. The highest BCUT2D eigenvalue weighted by Gasteiger charge is 2.33. The summed E-state index contributed by atoms with van der Waals surface area (Å²) in [6.07, 6.45) is 3.85. The largest absolute Gasteiger partial charge is 0.346 e. The Morgan fingerprint density at radius 1 is 1.24 bits per heavy atom. The number of benzene rings is 1. The molecule has 2 aliphatic rings. The maximum atomic E-state index is 15.1. The fourth-order valence-corrected chi connectivity index (χ4v) is 4.24. The minimum atomic E-state index is -1.21. The van der Waals surface area contributed by atoms with E-state index in [0.29, 0.717) is 41.6 Å². The van der Waals surface area contributed by atoms with Gasteiger partial charge in [-0.1, -0.05) is 6.92 Å². The molecule has 0 bridgehead atoms. The van der Waals surface area contributed by atoms with Crippen LogP contribution in [0.4, 0.5) is 14.5 Å². The molecule has 1 aliphatic heterocycles. The molecule has 2 atom stereocenters. The Labute approximate surface area is 168 Å². The van der Waals surface area contributed by atoms with E-state index < -0.39 is 18.0 Å². The van der Waals surface area contributed by atoms with Crippen LogP contribution in [0.2, 0.25) is 0 Å². The fraction of sp³-hybridized carbons (Fsp3) is 0.409. The molecule has 0 unspecified atom stereocenters. The topological polar surface area (TPSA) is 62.3 Å². The Bertz CT molecular complexity index is 992. The molecule has 0 radical (unpaired) electrons. The minimum Gasteiger partial charge on any atom is -0.346 e. The van der Waals surface area contributed by atoms with E-state index in [-0.39, 0.29) is 24.7 Å². The normalized spacial score (nSPS) is 20.8. The Balaban J connectivity index is 1.80. The number of hydrogen-bond acceptors (Lipinski definition) is 3. The molecule has 7 heteroatoms. The van der Waals surface area contributed by atoms with Crippen LogP contribution >= 0.6 is 0 Å². The van der Waals surface area contributed by atoms with Crippen LogP contribution in [0.15, 0.2) is 24.5 Å². The van der Waals surface area contributed by atoms with E-state index in [1.165, 1.54) is 11.0 Å². The number of nitrogens with zero attached hydrogens (tertiary/aromatic N) is 2. The number of aromatic nitrogens is 1. The summed E-state index contributed by atoms with van der Waals surface area (Å²) in [6, 6.07) is 2.38. The summed E-state index contributed by atoms with van der Waals surface area (Å²) in [5, 5.41) is 2.74. The number of carbonyl (C=O) groups is 2. The van der Waals surface area contributed by atoms with E-state index in [9.17, 15) is 14.0 Å². The highest BCUT2D eigenvalue weighted by molar-refractivity contribution is 5.96. The average molecular weight is 399 g/mol. The number of pyridine rings is 1. The second-order valence-electron chi connectivity index (χ2n) is 7.62. The van der Waals surface area contributed by atoms with E-state index in [0.717, 1.165) is 11.1 Å². The lowest BCUT2D eigenvalue weighted by Crippen LogP contribution is -2.37. The Hall–Kier alpha value is -2.83. The van der Waals surface area contributed by atoms with Crippen LogP contribution in [-0.4, -0.2) is 30.0 Å². The van der Waals surface area contributed by atoms with Gasteiger partial charge in [0.2, 0.25) is 11.8 Å². The fourth-order valence-electron chi connectivity index (χ4n) is 4.24. The van der Waals surface area contributed by atoms with Gasteiger partial charge in [-0.2, -0.15) is 0 Å². The van der Waals surface area contributed by atoms with E-state index in [1.54, 1.807) is 32.4 Å². The Morgan fingerprint density at radius 2 is 2.03 bits per heavy atom. The lowest BCUT2D eigenvalue weighted by Gasteiger charge is -2.31. The van der Waals surface area contributed by atoms with Gasteiger partial charge >= 0.3 is 0 Å². The third-order valence-corrected chi connectivity index (χ3v) is 5.90. The molecule has 2 aromatic rings. The number of halogens is 2. The van der Waals surface area contributed by atoms with Crippen molar-refractivity contribution in [2.45, 2.75) is 51.2 Å². The van der Waals surface area contributed by atoms with Crippen molar-refractivity contribution in [2.24, 2.45) is 0 Å². The van der Waals surface area contributed by atoms with Crippen LogP contribution < -0.4 is 10.2 Å². The van der Waals surface area contributed by atoms with Gasteiger partial charge < -0.3 is 10.2 Å². The molecule has 1 aliphatic carbocycles. The number of fused-ring (bicyclic) bond motifs is 2. The van der Waals surface area contributed by atoms with Gasteiger partial charge in [-0.25, -0.2) is 8.78 Å². The molecule has 2 heterocycles. The molecule has 1 aromatic carbocycles. The number of nitrogens with one attached hydrogen (secondary N) is 1. The number of rotatable bonds is 3. The Kier molecular flexibility index (Phi) is 5.06. The van der Waals surface area contributed by atoms with Crippen molar-refractivity contribution in [3.63, 3.8) is 0 Å². The number of carbonyl (C=O) groups excluding carboxylic acids is 2. The van der Waals surface area contributed by atoms with Gasteiger partial charge in [0.05, 0.1) is 6.04 Å². The predicted octanol–water partition coefficient (Wildman–Crippen LogP) is 3.65. The third kappa shape index (κ3) is 3.39. The summed E-state index contributed by atoms with van der Waals surface area (Å²) in [4.78, 5) is 29.5. The van der Waals surface area contributed by atoms with Crippen LogP contribution in [0.1, 0.15) is 48.9 Å². The predicted molar refractivity (Wildman–Crippen MR) is 106 cm³/mol. The molecule has 2 amide bonds. The number of hydrogen-bond donors (Lipinski definition) is 1. The zero-order chi connectivity index (χ0) is 20.7. The molecule has 152 valence electrons. The summed E-state index contributed by atoms with van der Waals surface area (Å²) in [5.41, 5.74) is 3.91. The number of amides is 2. The van der Waals surface area contributed by atoms with Gasteiger partial charge in [0.15, 0.2) is 0 Å². The van der Waals surface area contributed by atoms with Crippen molar-refractivity contribution >= 4 is 17.5 Å². The van der Waals surface area contributed by atoms with Crippen molar-refractivity contribution in [3.8, 4) is 11.1 Å². The summed E-state index contributed by atoms with van der Waals surface area (Å²) >= 11 is 0. The molecule has 0 saturated heterocycles. The molecule has 0 fully saturated rings. The van der Waals surface area contributed by atoms with Crippen LogP contribution in [-0.2, 0) is 22.4 Å². The van der Waals surface area contributed by atoms with E-state index in [1.807, 2.05) is 0 Å². The lowest BCUT2D eigenvalue weighted by atomic mass is 9.83. The van der Waals surface area contributed by atoms with Crippen molar-refractivity contribution < 1.29 is 18.4 Å². The van der Waals surface area contributed by atoms with Crippen LogP contribution in [0, 0.1) is 5.82 Å². The molecule has 1 N–H and O–H groups in total. The first-order chi connectivity index (χ1) is 13.9. The maximum Gasteiger partial charge on any atom is 0.227 e. The summed E-state index contributed by atoms with van der Waals surface area (Å²) in [7, 11) is 1.65. The van der Waals surface area contributed by atoms with E-state index in [4.69, 9.17) is 0 Å². The monoisotopic (exact) mass is 399 g/mol. The van der Waals surface area contributed by atoms with Gasteiger partial charge in [-0.15, -0.1) is 0 Å². The van der Waals surface area contributed by atoms with Crippen molar-refractivity contribution in [1.82, 2.24) is 10.3 Å². The molecule has 0 saturated carbocycles. The maximum absolute atomic E-state index is 15.1. The Morgan fingerprint density at radius 3 is 2.79 bits per heavy atom. The van der Waals surface area contributed by atoms with Crippen LogP contribution in [0.5, 0.6) is 0 Å². The second kappa shape index (κ2) is 7.54. The van der Waals surface area contributed by atoms with E-state index >= 15 is 4.39 Å². The van der Waals surface area contributed by atoms with Crippen molar-refractivity contribution in [3.05, 3.63) is 47.0 Å². The van der Waals surface area contributed by atoms with Gasteiger partial charge in [0, 0.05) is 49.1 Å². The van der Waals surface area contributed by atoms with Gasteiger partial charge in [0.1, 0.15) is 12.0 Å². The van der Waals surface area contributed by atoms with Crippen LogP contribution in [0.25, 0.3) is 11.1 Å². The molecule has 0 spiro atoms. The van der Waals surface area contributed by atoms with Gasteiger partial charge in [0.25, 0.3) is 0 Å². The standard InChI is InChI=1S/C22H23F2N3O2/c1-3-20(28)26-22-16-11-25-10-15(13(16)5-6-17(22)23)14-8-12-4-7-21(29)27(2)19(12)9-18(14)24/h8-11,17,22H,3-7H2,1-2H3,(H,26,28)/t17-,22-/m0/s1. The average Bonchev–Trinajstić information content (AvgIpc) is 2.72. The molecule has 4 rings (SSSR count). The molecule has 5 nitrogen and oxygen atoms in total. The highest BCUT2D eigenvalue weighted by Crippen LogP contribution is 2.40. The lowest BCUT2D eigenvalue weighted by molar-refractivity contribution is -0.122. The SMILES string of the molecule is CCC(=O)N[C@H]1c2cncc(-c3cc4c(cc3F)N(C)C(=O)CC4)c2CC[C@@H]1F. The number of aryl methyl sites for hydroxylation is 1. The number of alkyl halides is 1. The van der Waals surface area contributed by atoms with Gasteiger partial charge in [-0.3, -0.25) is 14.6 Å². The first-order valence-electron chi connectivity index (χ1n) is 9.90. The number of anilines is 1. The highest BCUT2D eigenvalue weighted by atomic mass is 19.1. The van der Waals surface area contributed by atoms with Crippen LogP contribution in [0.3, 0.4) is 0 Å². The zero-order valence-corrected chi connectivity index (χ0v) is 16.5. The van der Waals surface area contributed by atoms with Crippen molar-refractivity contribution in [1.29, 1.82) is 0 Å².